The van der Waals surface area contributed by atoms with Crippen molar-refractivity contribution in [2.24, 2.45) is 11.8 Å². The van der Waals surface area contributed by atoms with E-state index in [1.807, 2.05) is 116 Å². The second-order valence-corrected chi connectivity index (χ2v) is 10.8. The van der Waals surface area contributed by atoms with Crippen LogP contribution in [0.15, 0.2) is 91.0 Å². The van der Waals surface area contributed by atoms with Crippen LogP contribution in [-0.4, -0.2) is 33.8 Å². The molecule has 0 aliphatic carbocycles. The Kier molecular flexibility index (Phi) is 7.30. The van der Waals surface area contributed by atoms with Crippen molar-refractivity contribution < 1.29 is 14.6 Å². The fourth-order valence-corrected chi connectivity index (χ4v) is 6.77. The van der Waals surface area contributed by atoms with Crippen molar-refractivity contribution in [1.29, 1.82) is 0 Å². The van der Waals surface area contributed by atoms with Crippen LogP contribution in [-0.2, 0) is 15.9 Å². The molecule has 0 bridgehead atoms. The smallest absolute Gasteiger partial charge is 0.412 e. The fourth-order valence-electron chi connectivity index (χ4n) is 5.56. The van der Waals surface area contributed by atoms with Gasteiger partial charge in [-0.1, -0.05) is 119 Å². The lowest BCUT2D eigenvalue weighted by molar-refractivity contribution is -0.0545. The number of rotatable bonds is 8. The lowest BCUT2D eigenvalue weighted by atomic mass is 9.74. The van der Waals surface area contributed by atoms with Gasteiger partial charge in [0.2, 0.25) is 0 Å². The van der Waals surface area contributed by atoms with Crippen LogP contribution in [0.2, 0.25) is 0 Å². The molecule has 3 aromatic carbocycles. The third kappa shape index (κ3) is 4.15. The number of carbonyl (C=O) groups is 1. The summed E-state index contributed by atoms with van der Waals surface area (Å²) < 4.78 is 6.46. The van der Waals surface area contributed by atoms with Crippen molar-refractivity contribution in [1.82, 2.24) is 4.90 Å². The molecule has 3 aromatic rings. The first-order chi connectivity index (χ1) is 16.8. The molecule has 1 N–H and O–H groups in total. The van der Waals surface area contributed by atoms with Crippen molar-refractivity contribution >= 4 is 17.9 Å². The lowest BCUT2D eigenvalue weighted by Crippen LogP contribution is -2.58. The predicted octanol–water partition coefficient (Wildman–Crippen LogP) is 6.64. The SMILES string of the molecule is CS[C@H](N1C(=O)OC(c2ccccc2)(c2ccccc2)[C@@H]1C(C)C)[C@](O)(c1ccccc1)C(C)C. The molecule has 0 aromatic heterocycles. The molecule has 1 aliphatic heterocycles. The minimum atomic E-state index is -1.28. The zero-order chi connectivity index (χ0) is 25.2. The van der Waals surface area contributed by atoms with Gasteiger partial charge in [0.15, 0.2) is 5.60 Å². The number of hydrogen-bond donors (Lipinski definition) is 1. The number of hydrogen-bond acceptors (Lipinski definition) is 4. The number of aliphatic hydroxyl groups is 1. The fraction of sp³-hybridized carbons (Fsp3) is 0.367. The molecular weight excluding hydrogens is 454 g/mol. The zero-order valence-electron chi connectivity index (χ0n) is 21.1. The van der Waals surface area contributed by atoms with Gasteiger partial charge in [0.05, 0.1) is 6.04 Å². The monoisotopic (exact) mass is 489 g/mol. The quantitative estimate of drug-likeness (QED) is 0.385. The van der Waals surface area contributed by atoms with E-state index in [1.54, 1.807) is 0 Å². The molecule has 1 saturated heterocycles. The highest BCUT2D eigenvalue weighted by atomic mass is 32.2. The molecule has 4 nitrogen and oxygen atoms in total. The molecule has 1 amide bonds. The van der Waals surface area contributed by atoms with Gasteiger partial charge in [0.1, 0.15) is 11.0 Å². The van der Waals surface area contributed by atoms with Crippen molar-refractivity contribution in [2.45, 2.75) is 50.3 Å². The summed E-state index contributed by atoms with van der Waals surface area (Å²) in [6.07, 6.45) is 1.54. The molecule has 3 atom stereocenters. The normalized spacial score (nSPS) is 20.1. The van der Waals surface area contributed by atoms with Crippen LogP contribution >= 0.6 is 11.8 Å². The average Bonchev–Trinajstić information content (AvgIpc) is 3.19. The van der Waals surface area contributed by atoms with Gasteiger partial charge in [0.25, 0.3) is 0 Å². The van der Waals surface area contributed by atoms with Crippen LogP contribution in [0, 0.1) is 11.8 Å². The average molecular weight is 490 g/mol. The third-order valence-corrected chi connectivity index (χ3v) is 8.21. The van der Waals surface area contributed by atoms with Crippen LogP contribution < -0.4 is 0 Å². The Bertz CT molecular complexity index is 1080. The molecule has 1 heterocycles. The molecule has 35 heavy (non-hydrogen) atoms. The molecule has 0 spiro atoms. The van der Waals surface area contributed by atoms with E-state index in [1.165, 1.54) is 11.8 Å². The van der Waals surface area contributed by atoms with Gasteiger partial charge >= 0.3 is 6.09 Å². The van der Waals surface area contributed by atoms with Crippen LogP contribution in [0.25, 0.3) is 0 Å². The molecule has 1 aliphatic rings. The van der Waals surface area contributed by atoms with E-state index in [2.05, 4.69) is 13.8 Å². The maximum Gasteiger partial charge on any atom is 0.412 e. The molecule has 0 unspecified atom stereocenters. The highest BCUT2D eigenvalue weighted by molar-refractivity contribution is 7.99. The molecule has 4 rings (SSSR count). The summed E-state index contributed by atoms with van der Waals surface area (Å²) in [5, 5.41) is 11.8. The number of thioether (sulfide) groups is 1. The van der Waals surface area contributed by atoms with E-state index in [0.29, 0.717) is 0 Å². The van der Waals surface area contributed by atoms with E-state index >= 15 is 0 Å². The van der Waals surface area contributed by atoms with Crippen molar-refractivity contribution in [3.63, 3.8) is 0 Å². The number of carbonyl (C=O) groups excluding carboxylic acids is 1. The Labute approximate surface area is 213 Å². The maximum atomic E-state index is 13.9. The summed E-state index contributed by atoms with van der Waals surface area (Å²) in [6.45, 7) is 8.25. The molecule has 0 radical (unpaired) electrons. The first-order valence-corrected chi connectivity index (χ1v) is 13.5. The van der Waals surface area contributed by atoms with Crippen LogP contribution in [0.5, 0.6) is 0 Å². The summed E-state index contributed by atoms with van der Waals surface area (Å²) in [4.78, 5) is 15.7. The van der Waals surface area contributed by atoms with E-state index in [-0.39, 0.29) is 17.9 Å². The van der Waals surface area contributed by atoms with Crippen molar-refractivity contribution in [3.8, 4) is 0 Å². The van der Waals surface area contributed by atoms with Crippen molar-refractivity contribution in [3.05, 3.63) is 108 Å². The Hall–Kier alpha value is -2.76. The maximum absolute atomic E-state index is 13.9. The molecule has 1 fully saturated rings. The molecule has 184 valence electrons. The van der Waals surface area contributed by atoms with Gasteiger partial charge in [0, 0.05) is 11.1 Å². The number of benzene rings is 3. The lowest BCUT2D eigenvalue weighted by Gasteiger charge is -2.46. The summed E-state index contributed by atoms with van der Waals surface area (Å²) in [7, 11) is 0. The zero-order valence-corrected chi connectivity index (χ0v) is 21.9. The number of ether oxygens (including phenoxy) is 1. The van der Waals surface area contributed by atoms with E-state index in [0.717, 1.165) is 16.7 Å². The van der Waals surface area contributed by atoms with E-state index < -0.39 is 22.7 Å². The first kappa shape index (κ1) is 25.3. The summed E-state index contributed by atoms with van der Waals surface area (Å²) in [6, 6.07) is 29.3. The largest absolute Gasteiger partial charge is 0.431 e. The van der Waals surface area contributed by atoms with E-state index in [4.69, 9.17) is 4.74 Å². The second-order valence-electron chi connectivity index (χ2n) is 9.87. The number of amides is 1. The molecule has 0 saturated carbocycles. The summed E-state index contributed by atoms with van der Waals surface area (Å²) in [5.74, 6) is -0.102. The molecular formula is C30H35NO3S. The Balaban J connectivity index is 1.95. The topological polar surface area (TPSA) is 49.8 Å². The Morgan fingerprint density at radius 3 is 1.71 bits per heavy atom. The predicted molar refractivity (Wildman–Crippen MR) is 143 cm³/mol. The summed E-state index contributed by atoms with van der Waals surface area (Å²) >= 11 is 1.49. The minimum absolute atomic E-state index is 0.0451. The number of nitrogens with zero attached hydrogens (tertiary/aromatic N) is 1. The second kappa shape index (κ2) is 10.1. The van der Waals surface area contributed by atoms with Gasteiger partial charge in [-0.05, 0) is 23.7 Å². The molecule has 5 heteroatoms. The van der Waals surface area contributed by atoms with Crippen LogP contribution in [0.1, 0.15) is 44.4 Å². The van der Waals surface area contributed by atoms with Gasteiger partial charge in [-0.15, -0.1) is 11.8 Å². The van der Waals surface area contributed by atoms with Gasteiger partial charge in [-0.2, -0.15) is 0 Å². The van der Waals surface area contributed by atoms with Gasteiger partial charge < -0.3 is 9.84 Å². The summed E-state index contributed by atoms with van der Waals surface area (Å²) in [5.41, 5.74) is 0.357. The highest BCUT2D eigenvalue weighted by Crippen LogP contribution is 2.52. The van der Waals surface area contributed by atoms with E-state index in [9.17, 15) is 9.90 Å². The first-order valence-electron chi connectivity index (χ1n) is 12.2. The van der Waals surface area contributed by atoms with Gasteiger partial charge in [-0.25, -0.2) is 4.79 Å². The Morgan fingerprint density at radius 2 is 1.31 bits per heavy atom. The van der Waals surface area contributed by atoms with Crippen molar-refractivity contribution in [2.75, 3.05) is 6.26 Å². The van der Waals surface area contributed by atoms with Gasteiger partial charge in [-0.3, -0.25) is 4.90 Å². The standard InChI is InChI=1S/C30H35NO3S/c1-21(2)26-30(24-17-11-7-12-18-24,25-19-13-8-14-20-25)34-28(32)31(26)27(35-5)29(33,22(3)4)23-15-9-6-10-16-23/h6-22,26-27,33H,1-5H3/t26-,27-,29+/m0/s1. The van der Waals surface area contributed by atoms with Crippen LogP contribution in [0.3, 0.4) is 0 Å². The third-order valence-electron chi connectivity index (χ3n) is 7.18. The minimum Gasteiger partial charge on any atom is -0.431 e. The van der Waals surface area contributed by atoms with Crippen LogP contribution in [0.4, 0.5) is 4.79 Å². The number of cyclic esters (lactones) is 1. The Morgan fingerprint density at radius 1 is 0.857 bits per heavy atom. The highest BCUT2D eigenvalue weighted by Gasteiger charge is 2.62.